The molecule has 0 fully saturated rings. The van der Waals surface area contributed by atoms with Crippen molar-refractivity contribution < 1.29 is 0 Å². The highest BCUT2D eigenvalue weighted by Gasteiger charge is 2.21. The fourth-order valence-electron chi connectivity index (χ4n) is 5.14. The molecule has 0 N–H and O–H groups in total. The highest BCUT2D eigenvalue weighted by molar-refractivity contribution is 6.14. The van der Waals surface area contributed by atoms with Gasteiger partial charge in [0.25, 0.3) is 0 Å². The van der Waals surface area contributed by atoms with Crippen LogP contribution < -0.4 is 4.90 Å². The van der Waals surface area contributed by atoms with Crippen molar-refractivity contribution in [2.24, 2.45) is 4.99 Å². The lowest BCUT2D eigenvalue weighted by molar-refractivity contribution is 1.17. The zero-order chi connectivity index (χ0) is 22.5. The third-order valence-corrected chi connectivity index (χ3v) is 6.62. The van der Waals surface area contributed by atoms with E-state index < -0.39 is 0 Å². The van der Waals surface area contributed by atoms with E-state index in [1.165, 1.54) is 27.4 Å². The second kappa shape index (κ2) is 7.46. The molecule has 6 aromatic rings. The van der Waals surface area contributed by atoms with Crippen molar-refractivity contribution >= 4 is 45.2 Å². The summed E-state index contributed by atoms with van der Waals surface area (Å²) in [6.07, 6.45) is 1.96. The lowest BCUT2D eigenvalue weighted by atomic mass is 10.00. The highest BCUT2D eigenvalue weighted by atomic mass is 15.2. The van der Waals surface area contributed by atoms with Gasteiger partial charge in [-0.1, -0.05) is 84.9 Å². The molecule has 0 bridgehead atoms. The molecule has 0 radical (unpaired) electrons. The Morgan fingerprint density at radius 1 is 0.500 bits per heavy atom. The Hall–Kier alpha value is -4.63. The van der Waals surface area contributed by atoms with Gasteiger partial charge in [-0.3, -0.25) is 0 Å². The Morgan fingerprint density at radius 3 is 2.00 bits per heavy atom. The minimum Gasteiger partial charge on any atom is -0.307 e. The standard InChI is InChI=1S/C31H21N3/c1-2-11-22(12-3-1)33-21-32-27-17-10-16-26-25-15-6-9-20-30(25)34(31(26)27)29-19-8-5-14-24(29)23-13-4-7-18-28(23)33/h1-21H. The molecule has 1 aliphatic heterocycles. The first-order chi connectivity index (χ1) is 16.9. The number of hydrogen-bond donors (Lipinski definition) is 0. The van der Waals surface area contributed by atoms with E-state index >= 15 is 0 Å². The summed E-state index contributed by atoms with van der Waals surface area (Å²) in [6, 6.07) is 42.7. The minimum absolute atomic E-state index is 0.948. The average Bonchev–Trinajstić information content (AvgIpc) is 3.25. The first kappa shape index (κ1) is 18.9. The predicted octanol–water partition coefficient (Wildman–Crippen LogP) is 8.26. The summed E-state index contributed by atoms with van der Waals surface area (Å²) in [5.41, 5.74) is 8.93. The Balaban J connectivity index is 1.67. The molecule has 0 amide bonds. The van der Waals surface area contributed by atoms with Gasteiger partial charge in [0.2, 0.25) is 0 Å². The van der Waals surface area contributed by atoms with Crippen molar-refractivity contribution in [3.63, 3.8) is 0 Å². The Morgan fingerprint density at radius 2 is 1.15 bits per heavy atom. The van der Waals surface area contributed by atoms with Gasteiger partial charge in [0.15, 0.2) is 0 Å². The lowest BCUT2D eigenvalue weighted by Crippen LogP contribution is -2.16. The number of rotatable bonds is 1. The first-order valence-corrected chi connectivity index (χ1v) is 11.5. The van der Waals surface area contributed by atoms with Crippen molar-refractivity contribution in [2.45, 2.75) is 0 Å². The van der Waals surface area contributed by atoms with Gasteiger partial charge in [0, 0.05) is 27.6 Å². The summed E-state index contributed by atoms with van der Waals surface area (Å²) in [5.74, 6) is 0. The summed E-state index contributed by atoms with van der Waals surface area (Å²) in [5, 5.41) is 2.44. The smallest absolute Gasteiger partial charge is 0.100 e. The first-order valence-electron chi connectivity index (χ1n) is 11.5. The van der Waals surface area contributed by atoms with E-state index in [-0.39, 0.29) is 0 Å². The van der Waals surface area contributed by atoms with Crippen LogP contribution in [-0.2, 0) is 0 Å². The summed E-state index contributed by atoms with van der Waals surface area (Å²) < 4.78 is 2.38. The topological polar surface area (TPSA) is 20.5 Å². The lowest BCUT2D eigenvalue weighted by Gasteiger charge is -2.25. The van der Waals surface area contributed by atoms with Crippen LogP contribution in [0.4, 0.5) is 17.1 Å². The number of hydrogen-bond acceptors (Lipinski definition) is 2. The molecule has 0 aliphatic carbocycles. The van der Waals surface area contributed by atoms with Crippen molar-refractivity contribution in [1.82, 2.24) is 4.57 Å². The number of para-hydroxylation sites is 5. The van der Waals surface area contributed by atoms with Gasteiger partial charge < -0.3 is 9.47 Å². The van der Waals surface area contributed by atoms with Crippen LogP contribution in [0.15, 0.2) is 126 Å². The SMILES string of the molecule is C1=Nc2cccc3c4ccccc4n(c23)-c2ccccc2-c2ccccc2N1c1ccccc1. The Bertz CT molecular complexity index is 1710. The molecule has 1 aromatic heterocycles. The third-order valence-electron chi connectivity index (χ3n) is 6.62. The molecule has 160 valence electrons. The summed E-state index contributed by atoms with van der Waals surface area (Å²) in [6.45, 7) is 0. The maximum absolute atomic E-state index is 5.07. The van der Waals surface area contributed by atoms with Crippen molar-refractivity contribution in [3.8, 4) is 16.8 Å². The Labute approximate surface area is 197 Å². The monoisotopic (exact) mass is 435 g/mol. The van der Waals surface area contributed by atoms with Crippen LogP contribution in [0.5, 0.6) is 0 Å². The summed E-state index contributed by atoms with van der Waals surface area (Å²) in [7, 11) is 0. The van der Waals surface area contributed by atoms with Gasteiger partial charge in [0.1, 0.15) is 6.34 Å². The molecule has 0 spiro atoms. The maximum Gasteiger partial charge on any atom is 0.100 e. The number of anilines is 2. The molecule has 0 unspecified atom stereocenters. The molecule has 5 aromatic carbocycles. The van der Waals surface area contributed by atoms with Crippen LogP contribution in [0.2, 0.25) is 0 Å². The van der Waals surface area contributed by atoms with Gasteiger partial charge in [-0.15, -0.1) is 0 Å². The zero-order valence-corrected chi connectivity index (χ0v) is 18.5. The van der Waals surface area contributed by atoms with Crippen LogP contribution in [0.3, 0.4) is 0 Å². The van der Waals surface area contributed by atoms with E-state index in [2.05, 4.69) is 125 Å². The molecule has 0 atom stereocenters. The Kier molecular flexibility index (Phi) is 4.15. The zero-order valence-electron chi connectivity index (χ0n) is 18.5. The molecule has 3 nitrogen and oxygen atoms in total. The molecular formula is C31H21N3. The molecule has 1 aliphatic rings. The molecule has 34 heavy (non-hydrogen) atoms. The normalized spacial score (nSPS) is 12.5. The fraction of sp³-hybridized carbons (Fsp3) is 0. The summed E-state index contributed by atoms with van der Waals surface area (Å²) >= 11 is 0. The molecule has 0 saturated heterocycles. The molecule has 2 heterocycles. The van der Waals surface area contributed by atoms with E-state index in [0.717, 1.165) is 28.3 Å². The number of benzene rings is 5. The second-order valence-corrected chi connectivity index (χ2v) is 8.51. The van der Waals surface area contributed by atoms with E-state index in [4.69, 9.17) is 4.99 Å². The largest absolute Gasteiger partial charge is 0.307 e. The van der Waals surface area contributed by atoms with Crippen molar-refractivity contribution in [3.05, 3.63) is 121 Å². The van der Waals surface area contributed by atoms with E-state index in [1.54, 1.807) is 0 Å². The molecule has 3 heteroatoms. The third kappa shape index (κ3) is 2.74. The maximum atomic E-state index is 5.07. The van der Waals surface area contributed by atoms with Crippen LogP contribution >= 0.6 is 0 Å². The van der Waals surface area contributed by atoms with E-state index in [0.29, 0.717) is 0 Å². The van der Waals surface area contributed by atoms with Gasteiger partial charge in [-0.2, -0.15) is 0 Å². The molecule has 0 saturated carbocycles. The van der Waals surface area contributed by atoms with E-state index in [1.807, 2.05) is 12.4 Å². The van der Waals surface area contributed by atoms with E-state index in [9.17, 15) is 0 Å². The number of aromatic nitrogens is 1. The number of fused-ring (bicyclic) bond motifs is 7. The van der Waals surface area contributed by atoms with Crippen LogP contribution in [-0.4, -0.2) is 10.9 Å². The molecular weight excluding hydrogens is 414 g/mol. The van der Waals surface area contributed by atoms with Crippen LogP contribution in [0.25, 0.3) is 38.6 Å². The molecule has 7 rings (SSSR count). The average molecular weight is 436 g/mol. The van der Waals surface area contributed by atoms with Gasteiger partial charge >= 0.3 is 0 Å². The summed E-state index contributed by atoms with van der Waals surface area (Å²) in [4.78, 5) is 7.26. The van der Waals surface area contributed by atoms with Gasteiger partial charge in [0.05, 0.1) is 28.1 Å². The minimum atomic E-state index is 0.948. The predicted molar refractivity (Wildman–Crippen MR) is 143 cm³/mol. The van der Waals surface area contributed by atoms with Crippen molar-refractivity contribution in [1.29, 1.82) is 0 Å². The van der Waals surface area contributed by atoms with Crippen molar-refractivity contribution in [2.75, 3.05) is 4.90 Å². The number of aliphatic imine (C=N–C) groups is 1. The fourth-order valence-corrected chi connectivity index (χ4v) is 5.14. The van der Waals surface area contributed by atoms with Gasteiger partial charge in [-0.25, -0.2) is 4.99 Å². The second-order valence-electron chi connectivity index (χ2n) is 8.51. The highest BCUT2D eigenvalue weighted by Crippen LogP contribution is 2.43. The number of nitrogens with zero attached hydrogens (tertiary/aromatic N) is 3. The van der Waals surface area contributed by atoms with Crippen LogP contribution in [0.1, 0.15) is 0 Å². The van der Waals surface area contributed by atoms with Crippen LogP contribution in [0, 0.1) is 0 Å². The van der Waals surface area contributed by atoms with Gasteiger partial charge in [-0.05, 0) is 36.4 Å². The quantitative estimate of drug-likeness (QED) is 0.255.